The molecule has 36 heavy (non-hydrogen) atoms. The largest absolute Gasteiger partial charge is 0.507 e. The van der Waals surface area contributed by atoms with Gasteiger partial charge >= 0.3 is 0 Å². The van der Waals surface area contributed by atoms with Gasteiger partial charge in [0.2, 0.25) is 15.9 Å². The minimum Gasteiger partial charge on any atom is -0.507 e. The van der Waals surface area contributed by atoms with E-state index in [9.17, 15) is 23.4 Å². The van der Waals surface area contributed by atoms with Gasteiger partial charge in [-0.1, -0.05) is 38.1 Å². The van der Waals surface area contributed by atoms with Crippen molar-refractivity contribution in [1.29, 1.82) is 0 Å². The maximum Gasteiger partial charge on any atom is 0.223 e. The van der Waals surface area contributed by atoms with Crippen LogP contribution in [0.25, 0.3) is 0 Å². The second kappa shape index (κ2) is 11.5. The van der Waals surface area contributed by atoms with Crippen molar-refractivity contribution in [1.82, 2.24) is 9.62 Å². The first-order valence-electron chi connectivity index (χ1n) is 11.9. The molecule has 1 aliphatic rings. The Morgan fingerprint density at radius 3 is 2.19 bits per heavy atom. The highest BCUT2D eigenvalue weighted by Crippen LogP contribution is 2.43. The van der Waals surface area contributed by atoms with Crippen LogP contribution in [-0.2, 0) is 14.8 Å². The molecule has 0 bridgehead atoms. The Labute approximate surface area is 213 Å². The van der Waals surface area contributed by atoms with Gasteiger partial charge in [-0.3, -0.25) is 4.79 Å². The molecule has 1 heterocycles. The van der Waals surface area contributed by atoms with Crippen LogP contribution in [0.15, 0.2) is 36.4 Å². The molecule has 1 aliphatic heterocycles. The number of amides is 1. The first-order chi connectivity index (χ1) is 16.9. The first-order valence-corrected chi connectivity index (χ1v) is 13.8. The van der Waals surface area contributed by atoms with Crippen LogP contribution < -0.4 is 14.2 Å². The van der Waals surface area contributed by atoms with Crippen molar-refractivity contribution in [2.75, 3.05) is 33.6 Å². The van der Waals surface area contributed by atoms with Crippen molar-refractivity contribution in [3.63, 3.8) is 0 Å². The van der Waals surface area contributed by atoms with Crippen molar-refractivity contribution < 1.29 is 32.9 Å². The molecular weight excluding hydrogens is 484 g/mol. The molecule has 0 saturated carbocycles. The molecular formula is C26H36N2O7S. The zero-order valence-corrected chi connectivity index (χ0v) is 22.2. The van der Waals surface area contributed by atoms with E-state index in [0.29, 0.717) is 53.1 Å². The highest BCUT2D eigenvalue weighted by atomic mass is 32.2. The van der Waals surface area contributed by atoms with Gasteiger partial charge in [-0.05, 0) is 29.4 Å². The van der Waals surface area contributed by atoms with E-state index in [1.54, 1.807) is 30.3 Å². The number of phenols is 1. The maximum absolute atomic E-state index is 13.5. The molecule has 3 unspecified atom stereocenters. The lowest BCUT2D eigenvalue weighted by Crippen LogP contribution is -2.43. The quantitative estimate of drug-likeness (QED) is 0.434. The zero-order chi connectivity index (χ0) is 26.6. The molecule has 2 aromatic carbocycles. The molecule has 3 N–H and O–H groups in total. The van der Waals surface area contributed by atoms with Crippen LogP contribution in [0.1, 0.15) is 55.5 Å². The van der Waals surface area contributed by atoms with E-state index in [1.807, 2.05) is 4.90 Å². The molecule has 1 amide bonds. The standard InChI is InChI=1S/C26H36N2O7S/c1-16-10-17(2)15-28(14-16)24(30)13-21(25-22(29)11-20(34-3)12-23(25)35-4)18-6-8-19(9-7-18)26(31)27-36(5,32)33/h6-9,11-12,16-17,21,26-27,29,31H,10,13-15H2,1-5H3/t16?,17?,21-,26?/m1/s1. The Morgan fingerprint density at radius 2 is 1.67 bits per heavy atom. The lowest BCUT2D eigenvalue weighted by molar-refractivity contribution is -0.134. The van der Waals surface area contributed by atoms with Crippen molar-refractivity contribution in [2.24, 2.45) is 11.8 Å². The van der Waals surface area contributed by atoms with E-state index in [2.05, 4.69) is 18.6 Å². The molecule has 1 fully saturated rings. The van der Waals surface area contributed by atoms with Crippen molar-refractivity contribution in [3.05, 3.63) is 53.1 Å². The van der Waals surface area contributed by atoms with Gasteiger partial charge in [0, 0.05) is 43.1 Å². The summed E-state index contributed by atoms with van der Waals surface area (Å²) in [6, 6.07) is 9.75. The number of aromatic hydroxyl groups is 1. The Bertz CT molecular complexity index is 1160. The highest BCUT2D eigenvalue weighted by molar-refractivity contribution is 7.88. The number of hydrogen-bond acceptors (Lipinski definition) is 7. The Kier molecular flexibility index (Phi) is 8.86. The summed E-state index contributed by atoms with van der Waals surface area (Å²) in [5.41, 5.74) is 1.50. The van der Waals surface area contributed by atoms with E-state index >= 15 is 0 Å². The van der Waals surface area contributed by atoms with E-state index < -0.39 is 22.2 Å². The average Bonchev–Trinajstić information content (AvgIpc) is 2.80. The third kappa shape index (κ3) is 6.89. The fraction of sp³-hybridized carbons (Fsp3) is 0.500. The predicted octanol–water partition coefficient (Wildman–Crippen LogP) is 2.98. The summed E-state index contributed by atoms with van der Waals surface area (Å²) in [5, 5.41) is 21.2. The lowest BCUT2D eigenvalue weighted by Gasteiger charge is -2.36. The van der Waals surface area contributed by atoms with Crippen LogP contribution in [0.5, 0.6) is 17.2 Å². The Morgan fingerprint density at radius 1 is 1.08 bits per heavy atom. The monoisotopic (exact) mass is 520 g/mol. The Hall–Kier alpha value is -2.82. The minimum atomic E-state index is -3.61. The normalized spacial score (nSPS) is 20.0. The third-order valence-corrected chi connectivity index (χ3v) is 7.13. The summed E-state index contributed by atoms with van der Waals surface area (Å²) in [6.45, 7) is 5.65. The number of aliphatic hydroxyl groups excluding tert-OH is 1. The lowest BCUT2D eigenvalue weighted by atomic mass is 9.85. The highest BCUT2D eigenvalue weighted by Gasteiger charge is 2.31. The second-order valence-corrected chi connectivity index (χ2v) is 11.5. The summed E-state index contributed by atoms with van der Waals surface area (Å²) < 4.78 is 35.9. The van der Waals surface area contributed by atoms with Crippen LogP contribution in [0.3, 0.4) is 0 Å². The molecule has 3 rings (SSSR count). The molecule has 10 heteroatoms. The van der Waals surface area contributed by atoms with Gasteiger partial charge in [0.05, 0.1) is 20.5 Å². The number of phenolic OH excluding ortho intramolecular Hbond substituents is 1. The van der Waals surface area contributed by atoms with E-state index in [1.165, 1.54) is 20.3 Å². The number of methoxy groups -OCH3 is 2. The van der Waals surface area contributed by atoms with Crippen LogP contribution in [0.4, 0.5) is 0 Å². The van der Waals surface area contributed by atoms with Gasteiger partial charge in [-0.2, -0.15) is 4.72 Å². The number of carbonyl (C=O) groups is 1. The predicted molar refractivity (Wildman–Crippen MR) is 137 cm³/mol. The van der Waals surface area contributed by atoms with E-state index in [0.717, 1.165) is 12.7 Å². The smallest absolute Gasteiger partial charge is 0.223 e. The average molecular weight is 521 g/mol. The topological polar surface area (TPSA) is 125 Å². The number of benzene rings is 2. The van der Waals surface area contributed by atoms with Crippen LogP contribution >= 0.6 is 0 Å². The zero-order valence-electron chi connectivity index (χ0n) is 21.4. The summed E-state index contributed by atoms with van der Waals surface area (Å²) in [4.78, 5) is 15.4. The van der Waals surface area contributed by atoms with Crippen molar-refractivity contribution in [3.8, 4) is 17.2 Å². The van der Waals surface area contributed by atoms with Gasteiger partial charge in [0.15, 0.2) is 0 Å². The second-order valence-electron chi connectivity index (χ2n) is 9.72. The first kappa shape index (κ1) is 27.8. The number of likely N-dealkylation sites (tertiary alicyclic amines) is 1. The van der Waals surface area contributed by atoms with E-state index in [-0.39, 0.29) is 18.1 Å². The molecule has 9 nitrogen and oxygen atoms in total. The fourth-order valence-corrected chi connectivity index (χ4v) is 5.50. The van der Waals surface area contributed by atoms with Crippen LogP contribution in [0, 0.1) is 11.8 Å². The van der Waals surface area contributed by atoms with Crippen molar-refractivity contribution >= 4 is 15.9 Å². The van der Waals surface area contributed by atoms with Gasteiger partial charge in [0.25, 0.3) is 0 Å². The fourth-order valence-electron chi connectivity index (χ4n) is 4.96. The van der Waals surface area contributed by atoms with Gasteiger partial charge in [0.1, 0.15) is 23.5 Å². The summed E-state index contributed by atoms with van der Waals surface area (Å²) in [5.74, 6) is 0.965. The van der Waals surface area contributed by atoms with Crippen LogP contribution in [0.2, 0.25) is 0 Å². The third-order valence-electron chi connectivity index (χ3n) is 6.48. The number of nitrogens with zero attached hydrogens (tertiary/aromatic N) is 1. The molecule has 0 radical (unpaired) electrons. The van der Waals surface area contributed by atoms with Gasteiger partial charge in [-0.15, -0.1) is 0 Å². The molecule has 0 spiro atoms. The van der Waals surface area contributed by atoms with Crippen molar-refractivity contribution in [2.45, 2.75) is 38.8 Å². The summed E-state index contributed by atoms with van der Waals surface area (Å²) in [7, 11) is -0.636. The molecule has 0 aromatic heterocycles. The Balaban J connectivity index is 2.00. The SMILES string of the molecule is COc1cc(O)c([C@H](CC(=O)N2CC(C)CC(C)C2)c2ccc(C(O)NS(C)(=O)=O)cc2)c(OC)c1. The summed E-state index contributed by atoms with van der Waals surface area (Å²) in [6.07, 6.45) is 0.729. The number of hydrogen-bond donors (Lipinski definition) is 3. The number of carbonyl (C=O) groups excluding carboxylic acids is 1. The number of aliphatic hydroxyl groups is 1. The van der Waals surface area contributed by atoms with Gasteiger partial charge < -0.3 is 24.6 Å². The molecule has 198 valence electrons. The van der Waals surface area contributed by atoms with E-state index in [4.69, 9.17) is 9.47 Å². The molecule has 0 aliphatic carbocycles. The maximum atomic E-state index is 13.5. The number of sulfonamides is 1. The van der Waals surface area contributed by atoms with Crippen LogP contribution in [-0.4, -0.2) is 63.0 Å². The number of rotatable bonds is 9. The molecule has 2 aromatic rings. The number of piperidine rings is 1. The number of ether oxygens (including phenoxy) is 2. The molecule has 4 atom stereocenters. The molecule has 1 saturated heterocycles. The summed E-state index contributed by atoms with van der Waals surface area (Å²) >= 11 is 0. The number of nitrogens with one attached hydrogen (secondary N) is 1. The van der Waals surface area contributed by atoms with Gasteiger partial charge in [-0.25, -0.2) is 8.42 Å². The minimum absolute atomic E-state index is 0.0291.